The lowest BCUT2D eigenvalue weighted by Crippen LogP contribution is -2.33. The Morgan fingerprint density at radius 1 is 1.27 bits per heavy atom. The van der Waals surface area contributed by atoms with E-state index in [0.717, 1.165) is 37.6 Å². The van der Waals surface area contributed by atoms with Gasteiger partial charge in [-0.05, 0) is 13.0 Å². The Hall–Kier alpha value is -2.44. The fraction of sp³-hybridized carbons (Fsp3) is 0.467. The maximum atomic E-state index is 12.4. The first-order valence-electron chi connectivity index (χ1n) is 7.52. The maximum Gasteiger partial charge on any atom is 0.271 e. The van der Waals surface area contributed by atoms with Crippen molar-refractivity contribution in [2.45, 2.75) is 6.92 Å². The van der Waals surface area contributed by atoms with E-state index in [-0.39, 0.29) is 5.91 Å². The number of aromatic nitrogens is 4. The molecule has 0 spiro atoms. The molecule has 0 aromatic carbocycles. The number of hydrogen-bond donors (Lipinski definition) is 1. The van der Waals surface area contributed by atoms with E-state index in [1.54, 1.807) is 18.6 Å². The number of nitrogens with one attached hydrogen (secondary N) is 1. The van der Waals surface area contributed by atoms with Gasteiger partial charge in [0.2, 0.25) is 0 Å². The molecule has 2 aliphatic rings. The summed E-state index contributed by atoms with van der Waals surface area (Å²) in [5.74, 6) is 2.11. The van der Waals surface area contributed by atoms with E-state index < -0.39 is 0 Å². The molecule has 2 atom stereocenters. The van der Waals surface area contributed by atoms with Crippen LogP contribution in [0.1, 0.15) is 16.1 Å². The molecule has 2 fully saturated rings. The highest BCUT2D eigenvalue weighted by molar-refractivity contribution is 5.92. The summed E-state index contributed by atoms with van der Waals surface area (Å²) in [6.45, 7) is 5.56. The third-order valence-corrected chi connectivity index (χ3v) is 4.67. The van der Waals surface area contributed by atoms with Gasteiger partial charge in [-0.25, -0.2) is 9.97 Å². The van der Waals surface area contributed by atoms with Crippen LogP contribution in [-0.4, -0.2) is 57.2 Å². The number of aromatic amines is 1. The summed E-state index contributed by atoms with van der Waals surface area (Å²) >= 11 is 0. The van der Waals surface area contributed by atoms with Crippen LogP contribution in [0, 0.1) is 18.8 Å². The third-order valence-electron chi connectivity index (χ3n) is 4.67. The summed E-state index contributed by atoms with van der Waals surface area (Å²) in [5, 5.41) is 6.61. The first-order chi connectivity index (χ1) is 10.7. The highest BCUT2D eigenvalue weighted by Gasteiger charge is 2.42. The molecule has 1 N–H and O–H groups in total. The van der Waals surface area contributed by atoms with E-state index in [0.29, 0.717) is 17.5 Å². The molecule has 1 amide bonds. The van der Waals surface area contributed by atoms with Crippen molar-refractivity contribution in [2.75, 3.05) is 31.1 Å². The van der Waals surface area contributed by atoms with Gasteiger partial charge in [-0.15, -0.1) is 0 Å². The SMILES string of the molecule is Cc1cncnc1N1CC2CN(C(=O)c3ccn[nH]3)CC2C1. The second-order valence-electron chi connectivity index (χ2n) is 6.13. The molecule has 2 aliphatic heterocycles. The number of likely N-dealkylation sites (tertiary alicyclic amines) is 1. The number of rotatable bonds is 2. The van der Waals surface area contributed by atoms with Crippen LogP contribution < -0.4 is 4.90 Å². The Morgan fingerprint density at radius 3 is 2.68 bits per heavy atom. The minimum atomic E-state index is 0.0525. The van der Waals surface area contributed by atoms with E-state index in [4.69, 9.17) is 0 Å². The summed E-state index contributed by atoms with van der Waals surface area (Å²) in [7, 11) is 0. The van der Waals surface area contributed by atoms with Crippen LogP contribution in [0.2, 0.25) is 0 Å². The van der Waals surface area contributed by atoms with Gasteiger partial charge in [0.15, 0.2) is 0 Å². The molecule has 7 heteroatoms. The molecular formula is C15H18N6O. The zero-order valence-corrected chi connectivity index (χ0v) is 12.4. The quantitative estimate of drug-likeness (QED) is 0.884. The summed E-state index contributed by atoms with van der Waals surface area (Å²) in [6.07, 6.45) is 5.07. The van der Waals surface area contributed by atoms with Crippen molar-refractivity contribution in [2.24, 2.45) is 11.8 Å². The third kappa shape index (κ3) is 2.13. The van der Waals surface area contributed by atoms with Crippen molar-refractivity contribution in [1.29, 1.82) is 0 Å². The standard InChI is InChI=1S/C15H18N6O/c1-10-4-16-9-17-14(10)20-5-11-7-21(8-12(11)6-20)15(22)13-2-3-18-19-13/h2-4,9,11-12H,5-8H2,1H3,(H,18,19). The molecule has 4 rings (SSSR count). The number of carbonyl (C=O) groups excluding carboxylic acids is 1. The Kier molecular flexibility index (Phi) is 3.06. The molecular weight excluding hydrogens is 280 g/mol. The van der Waals surface area contributed by atoms with Crippen molar-refractivity contribution in [3.05, 3.63) is 36.0 Å². The number of amides is 1. The zero-order valence-electron chi connectivity index (χ0n) is 12.4. The summed E-state index contributed by atoms with van der Waals surface area (Å²) in [6, 6.07) is 1.73. The van der Waals surface area contributed by atoms with Gasteiger partial charge in [-0.2, -0.15) is 5.10 Å². The smallest absolute Gasteiger partial charge is 0.271 e. The minimum absolute atomic E-state index is 0.0525. The number of aryl methyl sites for hydroxylation is 1. The normalized spacial score (nSPS) is 23.9. The highest BCUT2D eigenvalue weighted by Crippen LogP contribution is 2.34. The molecule has 7 nitrogen and oxygen atoms in total. The van der Waals surface area contributed by atoms with E-state index in [1.807, 2.05) is 18.0 Å². The molecule has 2 aromatic rings. The van der Waals surface area contributed by atoms with E-state index in [2.05, 4.69) is 25.1 Å². The van der Waals surface area contributed by atoms with E-state index >= 15 is 0 Å². The second-order valence-corrected chi connectivity index (χ2v) is 6.13. The van der Waals surface area contributed by atoms with Crippen LogP contribution in [0.4, 0.5) is 5.82 Å². The van der Waals surface area contributed by atoms with Gasteiger partial charge in [-0.3, -0.25) is 9.89 Å². The monoisotopic (exact) mass is 298 g/mol. The van der Waals surface area contributed by atoms with E-state index in [9.17, 15) is 4.79 Å². The Balaban J connectivity index is 1.45. The molecule has 0 bridgehead atoms. The molecule has 4 heterocycles. The van der Waals surface area contributed by atoms with Gasteiger partial charge < -0.3 is 9.80 Å². The van der Waals surface area contributed by atoms with Crippen molar-refractivity contribution < 1.29 is 4.79 Å². The van der Waals surface area contributed by atoms with Gasteiger partial charge in [-0.1, -0.05) is 0 Å². The number of hydrogen-bond acceptors (Lipinski definition) is 5. The lowest BCUT2D eigenvalue weighted by Gasteiger charge is -2.23. The van der Waals surface area contributed by atoms with Crippen LogP contribution in [-0.2, 0) is 0 Å². The molecule has 0 saturated carbocycles. The number of carbonyl (C=O) groups is 1. The Bertz CT molecular complexity index is 671. The lowest BCUT2D eigenvalue weighted by atomic mass is 10.0. The van der Waals surface area contributed by atoms with Crippen LogP contribution in [0.25, 0.3) is 0 Å². The van der Waals surface area contributed by atoms with Gasteiger partial charge in [0.1, 0.15) is 17.8 Å². The zero-order chi connectivity index (χ0) is 15.1. The predicted molar refractivity (Wildman–Crippen MR) is 80.5 cm³/mol. The topological polar surface area (TPSA) is 78.0 Å². The fourth-order valence-electron chi connectivity index (χ4n) is 3.60. The van der Waals surface area contributed by atoms with Crippen LogP contribution in [0.3, 0.4) is 0 Å². The number of anilines is 1. The lowest BCUT2D eigenvalue weighted by molar-refractivity contribution is 0.0776. The summed E-state index contributed by atoms with van der Waals surface area (Å²) < 4.78 is 0. The first-order valence-corrected chi connectivity index (χ1v) is 7.52. The average Bonchev–Trinajstić information content (AvgIpc) is 3.22. The maximum absolute atomic E-state index is 12.4. The molecule has 2 unspecified atom stereocenters. The second kappa shape index (κ2) is 5.08. The summed E-state index contributed by atoms with van der Waals surface area (Å²) in [5.41, 5.74) is 1.68. The average molecular weight is 298 g/mol. The van der Waals surface area contributed by atoms with Gasteiger partial charge in [0.25, 0.3) is 5.91 Å². The van der Waals surface area contributed by atoms with Gasteiger partial charge in [0.05, 0.1) is 0 Å². The van der Waals surface area contributed by atoms with Gasteiger partial charge >= 0.3 is 0 Å². The van der Waals surface area contributed by atoms with Crippen LogP contribution >= 0.6 is 0 Å². The molecule has 2 aromatic heterocycles. The van der Waals surface area contributed by atoms with Crippen molar-refractivity contribution >= 4 is 11.7 Å². The molecule has 0 radical (unpaired) electrons. The van der Waals surface area contributed by atoms with Crippen LogP contribution in [0.5, 0.6) is 0 Å². The fourth-order valence-corrected chi connectivity index (χ4v) is 3.60. The highest BCUT2D eigenvalue weighted by atomic mass is 16.2. The minimum Gasteiger partial charge on any atom is -0.356 e. The van der Waals surface area contributed by atoms with Crippen molar-refractivity contribution in [3.63, 3.8) is 0 Å². The number of H-pyrrole nitrogens is 1. The number of nitrogens with zero attached hydrogens (tertiary/aromatic N) is 5. The van der Waals surface area contributed by atoms with Gasteiger partial charge in [0, 0.05) is 56.0 Å². The predicted octanol–water partition coefficient (Wildman–Crippen LogP) is 0.717. The Morgan fingerprint density at radius 2 is 2.05 bits per heavy atom. The van der Waals surface area contributed by atoms with Crippen LogP contribution in [0.15, 0.2) is 24.8 Å². The van der Waals surface area contributed by atoms with Crippen molar-refractivity contribution in [1.82, 2.24) is 25.1 Å². The van der Waals surface area contributed by atoms with Crippen molar-refractivity contribution in [3.8, 4) is 0 Å². The number of fused-ring (bicyclic) bond motifs is 1. The molecule has 114 valence electrons. The Labute approximate surface area is 128 Å². The summed E-state index contributed by atoms with van der Waals surface area (Å²) in [4.78, 5) is 25.1. The largest absolute Gasteiger partial charge is 0.356 e. The van der Waals surface area contributed by atoms with E-state index in [1.165, 1.54) is 0 Å². The molecule has 2 saturated heterocycles. The molecule has 22 heavy (non-hydrogen) atoms. The first kappa shape index (κ1) is 13.2. The molecule has 0 aliphatic carbocycles.